The highest BCUT2D eigenvalue weighted by Gasteiger charge is 2.15. The Bertz CT molecular complexity index is 774. The van der Waals surface area contributed by atoms with Crippen molar-refractivity contribution in [1.82, 2.24) is 4.72 Å². The van der Waals surface area contributed by atoms with Gasteiger partial charge in [0.2, 0.25) is 10.0 Å². The smallest absolute Gasteiger partial charge is 0.240 e. The molecule has 0 heterocycles. The Labute approximate surface area is 145 Å². The van der Waals surface area contributed by atoms with Crippen LogP contribution in [0.5, 0.6) is 5.75 Å². The van der Waals surface area contributed by atoms with E-state index in [0.717, 1.165) is 11.3 Å². The predicted molar refractivity (Wildman–Crippen MR) is 95.5 cm³/mol. The van der Waals surface area contributed by atoms with Crippen LogP contribution in [0.25, 0.3) is 0 Å². The van der Waals surface area contributed by atoms with Crippen molar-refractivity contribution in [2.45, 2.75) is 11.4 Å². The molecule has 5 nitrogen and oxygen atoms in total. The van der Waals surface area contributed by atoms with Crippen molar-refractivity contribution in [3.05, 3.63) is 52.5 Å². The standard InChI is InChI=1S/C16H19BrN2O3S/c1-19(2)13-6-4-12(5-7-13)11-18-23(20,21)14-8-9-16(22-3)15(17)10-14/h4-10,18H,11H2,1-3H3. The Morgan fingerprint density at radius 2 is 1.78 bits per heavy atom. The number of nitrogens with zero attached hydrogens (tertiary/aromatic N) is 1. The fraction of sp³-hybridized carbons (Fsp3) is 0.250. The molecule has 2 aromatic rings. The molecular weight excluding hydrogens is 380 g/mol. The van der Waals surface area contributed by atoms with Crippen molar-refractivity contribution in [3.63, 3.8) is 0 Å². The van der Waals surface area contributed by atoms with Crippen molar-refractivity contribution in [3.8, 4) is 5.75 Å². The molecule has 0 aliphatic carbocycles. The molecule has 0 atom stereocenters. The van der Waals surface area contributed by atoms with Crippen LogP contribution in [0.15, 0.2) is 51.8 Å². The van der Waals surface area contributed by atoms with E-state index in [1.165, 1.54) is 19.2 Å². The Kier molecular flexibility index (Phi) is 5.67. The van der Waals surface area contributed by atoms with Crippen LogP contribution >= 0.6 is 15.9 Å². The maximum absolute atomic E-state index is 12.4. The lowest BCUT2D eigenvalue weighted by Gasteiger charge is -2.13. The Morgan fingerprint density at radius 1 is 1.13 bits per heavy atom. The molecule has 1 N–H and O–H groups in total. The zero-order valence-electron chi connectivity index (χ0n) is 13.2. The number of ether oxygens (including phenoxy) is 1. The maximum atomic E-state index is 12.4. The summed E-state index contributed by atoms with van der Waals surface area (Å²) in [6.07, 6.45) is 0. The zero-order chi connectivity index (χ0) is 17.0. The zero-order valence-corrected chi connectivity index (χ0v) is 15.6. The number of rotatable bonds is 6. The topological polar surface area (TPSA) is 58.6 Å². The van der Waals surface area contributed by atoms with Crippen LogP contribution in [0.2, 0.25) is 0 Å². The summed E-state index contributed by atoms with van der Waals surface area (Å²) in [5, 5.41) is 0. The summed E-state index contributed by atoms with van der Waals surface area (Å²) in [7, 11) is 1.87. The highest BCUT2D eigenvalue weighted by Crippen LogP contribution is 2.27. The lowest BCUT2D eigenvalue weighted by Crippen LogP contribution is -2.23. The van der Waals surface area contributed by atoms with Gasteiger partial charge in [-0.25, -0.2) is 13.1 Å². The number of halogens is 1. The summed E-state index contributed by atoms with van der Waals surface area (Å²) in [5.41, 5.74) is 1.96. The third-order valence-electron chi connectivity index (χ3n) is 3.35. The van der Waals surface area contributed by atoms with Gasteiger partial charge in [0.15, 0.2) is 0 Å². The minimum absolute atomic E-state index is 0.190. The van der Waals surface area contributed by atoms with Crippen LogP contribution < -0.4 is 14.4 Å². The largest absolute Gasteiger partial charge is 0.496 e. The van der Waals surface area contributed by atoms with E-state index >= 15 is 0 Å². The number of sulfonamides is 1. The van der Waals surface area contributed by atoms with Gasteiger partial charge >= 0.3 is 0 Å². The number of anilines is 1. The Hall–Kier alpha value is -1.57. The molecule has 0 fully saturated rings. The lowest BCUT2D eigenvalue weighted by molar-refractivity contribution is 0.411. The van der Waals surface area contributed by atoms with Crippen LogP contribution in [0.1, 0.15) is 5.56 Å². The first-order chi connectivity index (χ1) is 10.8. The Morgan fingerprint density at radius 3 is 2.30 bits per heavy atom. The molecule has 2 rings (SSSR count). The van der Waals surface area contributed by atoms with Gasteiger partial charge < -0.3 is 9.64 Å². The van der Waals surface area contributed by atoms with E-state index in [9.17, 15) is 8.42 Å². The molecule has 0 aliphatic heterocycles. The monoisotopic (exact) mass is 398 g/mol. The number of nitrogens with one attached hydrogen (secondary N) is 1. The second-order valence-corrected chi connectivity index (χ2v) is 7.80. The van der Waals surface area contributed by atoms with Crippen molar-refractivity contribution >= 4 is 31.6 Å². The molecule has 0 radical (unpaired) electrons. The summed E-state index contributed by atoms with van der Waals surface area (Å²) in [6, 6.07) is 12.4. The fourth-order valence-corrected chi connectivity index (χ4v) is 3.72. The third-order valence-corrected chi connectivity index (χ3v) is 5.37. The van der Waals surface area contributed by atoms with Gasteiger partial charge in [-0.3, -0.25) is 0 Å². The summed E-state index contributed by atoms with van der Waals surface area (Å²) in [5.74, 6) is 0.586. The second kappa shape index (κ2) is 7.33. The van der Waals surface area contributed by atoms with E-state index in [1.807, 2.05) is 43.3 Å². The lowest BCUT2D eigenvalue weighted by atomic mass is 10.2. The van der Waals surface area contributed by atoms with Crippen molar-refractivity contribution in [2.75, 3.05) is 26.1 Å². The highest BCUT2D eigenvalue weighted by molar-refractivity contribution is 9.10. The molecule has 23 heavy (non-hydrogen) atoms. The first-order valence-electron chi connectivity index (χ1n) is 6.93. The molecule has 0 unspecified atom stereocenters. The highest BCUT2D eigenvalue weighted by atomic mass is 79.9. The van der Waals surface area contributed by atoms with Crippen LogP contribution in [-0.2, 0) is 16.6 Å². The maximum Gasteiger partial charge on any atom is 0.240 e. The van der Waals surface area contributed by atoms with E-state index in [1.54, 1.807) is 6.07 Å². The fourth-order valence-electron chi connectivity index (χ4n) is 1.99. The van der Waals surface area contributed by atoms with Crippen molar-refractivity contribution < 1.29 is 13.2 Å². The number of hydrogen-bond donors (Lipinski definition) is 1. The minimum Gasteiger partial charge on any atom is -0.496 e. The van der Waals surface area contributed by atoms with Crippen LogP contribution in [0, 0.1) is 0 Å². The molecule has 0 saturated heterocycles. The molecule has 7 heteroatoms. The first kappa shape index (κ1) is 17.8. The molecule has 0 aromatic heterocycles. The molecule has 124 valence electrons. The van der Waals surface area contributed by atoms with Gasteiger partial charge in [-0.1, -0.05) is 12.1 Å². The number of hydrogen-bond acceptors (Lipinski definition) is 4. The number of benzene rings is 2. The molecule has 0 spiro atoms. The van der Waals surface area contributed by atoms with E-state index in [-0.39, 0.29) is 11.4 Å². The van der Waals surface area contributed by atoms with Gasteiger partial charge in [0.1, 0.15) is 5.75 Å². The molecule has 0 saturated carbocycles. The summed E-state index contributed by atoms with van der Waals surface area (Å²) < 4.78 is 33.0. The van der Waals surface area contributed by atoms with E-state index < -0.39 is 10.0 Å². The van der Waals surface area contributed by atoms with E-state index in [2.05, 4.69) is 20.7 Å². The minimum atomic E-state index is -3.58. The van der Waals surface area contributed by atoms with Gasteiger partial charge in [0.05, 0.1) is 16.5 Å². The van der Waals surface area contributed by atoms with Gasteiger partial charge in [-0.2, -0.15) is 0 Å². The molecule has 0 bridgehead atoms. The first-order valence-corrected chi connectivity index (χ1v) is 9.20. The average Bonchev–Trinajstić information content (AvgIpc) is 2.53. The van der Waals surface area contributed by atoms with E-state index in [4.69, 9.17) is 4.74 Å². The van der Waals surface area contributed by atoms with Gasteiger partial charge in [-0.15, -0.1) is 0 Å². The summed E-state index contributed by atoms with van der Waals surface area (Å²) in [4.78, 5) is 2.18. The molecule has 0 amide bonds. The third kappa shape index (κ3) is 4.46. The van der Waals surface area contributed by atoms with Crippen molar-refractivity contribution in [1.29, 1.82) is 0 Å². The van der Waals surface area contributed by atoms with Gasteiger partial charge in [0.25, 0.3) is 0 Å². The average molecular weight is 399 g/mol. The molecule has 0 aliphatic rings. The van der Waals surface area contributed by atoms with Crippen LogP contribution in [-0.4, -0.2) is 29.6 Å². The summed E-state index contributed by atoms with van der Waals surface area (Å²) in [6.45, 7) is 0.236. The molecular formula is C16H19BrN2O3S. The molecule has 2 aromatic carbocycles. The van der Waals surface area contributed by atoms with Crippen LogP contribution in [0.4, 0.5) is 5.69 Å². The number of methoxy groups -OCH3 is 1. The Balaban J connectivity index is 2.10. The predicted octanol–water partition coefficient (Wildman–Crippen LogP) is 3.00. The van der Waals surface area contributed by atoms with Crippen LogP contribution in [0.3, 0.4) is 0 Å². The van der Waals surface area contributed by atoms with Crippen molar-refractivity contribution in [2.24, 2.45) is 0 Å². The van der Waals surface area contributed by atoms with Gasteiger partial charge in [-0.05, 0) is 51.8 Å². The second-order valence-electron chi connectivity index (χ2n) is 5.18. The SMILES string of the molecule is COc1ccc(S(=O)(=O)NCc2ccc(N(C)C)cc2)cc1Br. The summed E-state index contributed by atoms with van der Waals surface area (Å²) >= 11 is 3.30. The van der Waals surface area contributed by atoms with E-state index in [0.29, 0.717) is 10.2 Å². The quantitative estimate of drug-likeness (QED) is 0.812. The van der Waals surface area contributed by atoms with Gasteiger partial charge in [0, 0.05) is 26.3 Å². The normalized spacial score (nSPS) is 11.3.